The summed E-state index contributed by atoms with van der Waals surface area (Å²) in [6.07, 6.45) is 3.29. The molecule has 0 aliphatic heterocycles. The molecule has 0 saturated heterocycles. The molecule has 2 atom stereocenters. The normalized spacial score (nSPS) is 12.6. The number of nitrogens with zero attached hydrogens (tertiary/aromatic N) is 1. The van der Waals surface area contributed by atoms with E-state index in [-0.39, 0.29) is 17.9 Å². The van der Waals surface area contributed by atoms with Gasteiger partial charge in [-0.1, -0.05) is 96.5 Å². The van der Waals surface area contributed by atoms with Crippen LogP contribution in [0.25, 0.3) is 0 Å². The van der Waals surface area contributed by atoms with Gasteiger partial charge < -0.3 is 10.2 Å². The van der Waals surface area contributed by atoms with Crippen LogP contribution in [0.15, 0.2) is 83.3 Å². The third-order valence-electron chi connectivity index (χ3n) is 6.60. The summed E-state index contributed by atoms with van der Waals surface area (Å²) in [5.74, 6) is -0.122. The number of hydrogen-bond donors (Lipinski definition) is 1. The van der Waals surface area contributed by atoms with Gasteiger partial charge >= 0.3 is 0 Å². The molecular formula is C31H37BrN2O2. The van der Waals surface area contributed by atoms with E-state index in [0.29, 0.717) is 25.8 Å². The van der Waals surface area contributed by atoms with Gasteiger partial charge in [-0.25, -0.2) is 0 Å². The summed E-state index contributed by atoms with van der Waals surface area (Å²) in [5, 5.41) is 3.13. The quantitative estimate of drug-likeness (QED) is 0.281. The molecule has 0 radical (unpaired) electrons. The molecule has 0 fully saturated rings. The Morgan fingerprint density at radius 1 is 0.833 bits per heavy atom. The topological polar surface area (TPSA) is 49.4 Å². The molecule has 0 spiro atoms. The van der Waals surface area contributed by atoms with Crippen LogP contribution in [-0.2, 0) is 35.4 Å². The molecule has 0 saturated carbocycles. The second-order valence-corrected chi connectivity index (χ2v) is 10.3. The van der Waals surface area contributed by atoms with Crippen molar-refractivity contribution in [3.63, 3.8) is 0 Å². The molecule has 0 unspecified atom stereocenters. The Morgan fingerprint density at radius 3 is 2.06 bits per heavy atom. The highest BCUT2D eigenvalue weighted by Crippen LogP contribution is 2.19. The van der Waals surface area contributed by atoms with E-state index in [9.17, 15) is 9.59 Å². The van der Waals surface area contributed by atoms with Gasteiger partial charge in [0.1, 0.15) is 6.04 Å². The summed E-state index contributed by atoms with van der Waals surface area (Å²) in [7, 11) is 0. The minimum atomic E-state index is -0.597. The molecular weight excluding hydrogens is 512 g/mol. The van der Waals surface area contributed by atoms with Crippen molar-refractivity contribution in [1.29, 1.82) is 0 Å². The van der Waals surface area contributed by atoms with Gasteiger partial charge in [-0.3, -0.25) is 9.59 Å². The van der Waals surface area contributed by atoms with Crippen molar-refractivity contribution in [3.8, 4) is 0 Å². The number of carbonyl (C=O) groups is 2. The maximum Gasteiger partial charge on any atom is 0.243 e. The fourth-order valence-electron chi connectivity index (χ4n) is 4.12. The molecule has 3 aromatic rings. The van der Waals surface area contributed by atoms with Crippen molar-refractivity contribution in [2.45, 2.75) is 71.5 Å². The van der Waals surface area contributed by atoms with E-state index >= 15 is 0 Å². The van der Waals surface area contributed by atoms with Gasteiger partial charge in [-0.05, 0) is 60.6 Å². The Bertz CT molecular complexity index is 1100. The minimum Gasteiger partial charge on any atom is -0.352 e. The van der Waals surface area contributed by atoms with E-state index in [1.54, 1.807) is 4.90 Å². The van der Waals surface area contributed by atoms with Crippen LogP contribution in [0.3, 0.4) is 0 Å². The predicted octanol–water partition coefficient (Wildman–Crippen LogP) is 6.50. The molecule has 2 amide bonds. The number of amides is 2. The summed E-state index contributed by atoms with van der Waals surface area (Å²) in [4.78, 5) is 29.1. The second-order valence-electron chi connectivity index (χ2n) is 9.34. The highest BCUT2D eigenvalue weighted by molar-refractivity contribution is 9.10. The molecule has 4 nitrogen and oxygen atoms in total. The number of carbonyl (C=O) groups excluding carboxylic acids is 2. The molecule has 3 aromatic carbocycles. The van der Waals surface area contributed by atoms with Crippen molar-refractivity contribution < 1.29 is 9.59 Å². The third-order valence-corrected chi connectivity index (χ3v) is 7.13. The largest absolute Gasteiger partial charge is 0.352 e. The zero-order valence-corrected chi connectivity index (χ0v) is 23.1. The first-order valence-electron chi connectivity index (χ1n) is 12.9. The predicted molar refractivity (Wildman–Crippen MR) is 151 cm³/mol. The maximum absolute atomic E-state index is 13.7. The highest BCUT2D eigenvalue weighted by Gasteiger charge is 2.30. The molecule has 5 heteroatoms. The second kappa shape index (κ2) is 14.0. The number of nitrogens with one attached hydrogen (secondary N) is 1. The monoisotopic (exact) mass is 548 g/mol. The van der Waals surface area contributed by atoms with Crippen LogP contribution in [0.4, 0.5) is 0 Å². The van der Waals surface area contributed by atoms with Gasteiger partial charge in [0.15, 0.2) is 0 Å². The molecule has 190 valence electrons. The van der Waals surface area contributed by atoms with Gasteiger partial charge in [-0.2, -0.15) is 0 Å². The number of benzene rings is 3. The molecule has 36 heavy (non-hydrogen) atoms. The average Bonchev–Trinajstić information content (AvgIpc) is 2.91. The zero-order valence-electron chi connectivity index (χ0n) is 21.5. The summed E-state index contributed by atoms with van der Waals surface area (Å²) in [5.41, 5.74) is 4.44. The lowest BCUT2D eigenvalue weighted by molar-refractivity contribution is -0.141. The first-order chi connectivity index (χ1) is 17.4. The number of halogens is 1. The van der Waals surface area contributed by atoms with Crippen molar-refractivity contribution in [2.24, 2.45) is 0 Å². The zero-order chi connectivity index (χ0) is 25.9. The fourth-order valence-corrected chi connectivity index (χ4v) is 4.38. The average molecular weight is 550 g/mol. The lowest BCUT2D eigenvalue weighted by atomic mass is 10.0. The minimum absolute atomic E-state index is 0.0160. The van der Waals surface area contributed by atoms with Crippen molar-refractivity contribution >= 4 is 27.7 Å². The van der Waals surface area contributed by atoms with E-state index in [2.05, 4.69) is 52.4 Å². The van der Waals surface area contributed by atoms with Gasteiger partial charge in [0.2, 0.25) is 11.8 Å². The van der Waals surface area contributed by atoms with Crippen LogP contribution in [-0.4, -0.2) is 28.8 Å². The Kier molecular flexibility index (Phi) is 10.7. The van der Waals surface area contributed by atoms with E-state index in [1.165, 1.54) is 5.56 Å². The smallest absolute Gasteiger partial charge is 0.243 e. The van der Waals surface area contributed by atoms with Crippen LogP contribution in [0, 0.1) is 0 Å². The molecule has 0 aromatic heterocycles. The Hall–Kier alpha value is -2.92. The van der Waals surface area contributed by atoms with Crippen LogP contribution in [0.5, 0.6) is 0 Å². The summed E-state index contributed by atoms with van der Waals surface area (Å²) >= 11 is 3.49. The summed E-state index contributed by atoms with van der Waals surface area (Å²) in [6.45, 7) is 6.56. The van der Waals surface area contributed by atoms with Gasteiger partial charge in [-0.15, -0.1) is 0 Å². The Labute approximate surface area is 224 Å². The molecule has 3 rings (SSSR count). The number of rotatable bonds is 12. The van der Waals surface area contributed by atoms with Crippen molar-refractivity contribution in [2.75, 3.05) is 0 Å². The third kappa shape index (κ3) is 8.34. The molecule has 0 bridgehead atoms. The summed E-state index contributed by atoms with van der Waals surface area (Å²) in [6, 6.07) is 25.8. The first-order valence-corrected chi connectivity index (χ1v) is 13.6. The van der Waals surface area contributed by atoms with Gasteiger partial charge in [0, 0.05) is 29.9 Å². The maximum atomic E-state index is 13.7. The standard InChI is InChI=1S/C31H37BrN2O2/c1-4-23(3)33-31(36)29(21-26-9-7-6-8-10-26)34(22-27-15-18-28(32)19-16-27)30(35)20-17-25-13-11-24(5-2)12-14-25/h6-16,18-19,23,29H,4-5,17,20-22H2,1-3H3,(H,33,36)/t23-,29-/m1/s1. The van der Waals surface area contributed by atoms with E-state index < -0.39 is 6.04 Å². The highest BCUT2D eigenvalue weighted by atomic mass is 79.9. The lowest BCUT2D eigenvalue weighted by Crippen LogP contribution is -2.52. The van der Waals surface area contributed by atoms with Crippen molar-refractivity contribution in [1.82, 2.24) is 10.2 Å². The van der Waals surface area contributed by atoms with Crippen molar-refractivity contribution in [3.05, 3.63) is 106 Å². The molecule has 0 aliphatic carbocycles. The van der Waals surface area contributed by atoms with E-state index in [1.807, 2.05) is 68.4 Å². The van der Waals surface area contributed by atoms with E-state index in [0.717, 1.165) is 34.0 Å². The Balaban J connectivity index is 1.88. The molecule has 0 heterocycles. The molecule has 0 aliphatic rings. The van der Waals surface area contributed by atoms with Gasteiger partial charge in [0.05, 0.1) is 0 Å². The van der Waals surface area contributed by atoms with Crippen LogP contribution < -0.4 is 5.32 Å². The van der Waals surface area contributed by atoms with Crippen LogP contribution in [0.2, 0.25) is 0 Å². The summed E-state index contributed by atoms with van der Waals surface area (Å²) < 4.78 is 0.981. The van der Waals surface area contributed by atoms with Gasteiger partial charge in [0.25, 0.3) is 0 Å². The fraction of sp³-hybridized carbons (Fsp3) is 0.355. The van der Waals surface area contributed by atoms with E-state index in [4.69, 9.17) is 0 Å². The first kappa shape index (κ1) is 27.7. The lowest BCUT2D eigenvalue weighted by Gasteiger charge is -2.32. The number of hydrogen-bond acceptors (Lipinski definition) is 2. The van der Waals surface area contributed by atoms with Crippen LogP contribution in [0.1, 0.15) is 55.9 Å². The Morgan fingerprint density at radius 2 is 1.44 bits per heavy atom. The van der Waals surface area contributed by atoms with Crippen LogP contribution >= 0.6 is 15.9 Å². The SMILES string of the molecule is CCc1ccc(CCC(=O)N(Cc2ccc(Br)cc2)[C@H](Cc2ccccc2)C(=O)N[C@H](C)CC)cc1. The number of aryl methyl sites for hydroxylation is 2. The molecule has 1 N–H and O–H groups in total.